The number of aromatic nitrogens is 3. The van der Waals surface area contributed by atoms with Gasteiger partial charge >= 0.3 is 6.09 Å². The van der Waals surface area contributed by atoms with Crippen LogP contribution >= 0.6 is 0 Å². The van der Waals surface area contributed by atoms with Gasteiger partial charge in [0, 0.05) is 11.8 Å². The fourth-order valence-corrected chi connectivity index (χ4v) is 2.63. The van der Waals surface area contributed by atoms with Crippen LogP contribution in [0.15, 0.2) is 47.1 Å². The first kappa shape index (κ1) is 20.4. The maximum atomic E-state index is 13.4. The first-order chi connectivity index (χ1) is 13.7. The summed E-state index contributed by atoms with van der Waals surface area (Å²) in [5, 5.41) is 6.68. The fourth-order valence-electron chi connectivity index (χ4n) is 2.63. The van der Waals surface area contributed by atoms with Crippen molar-refractivity contribution in [2.24, 2.45) is 0 Å². The molecule has 1 amide bonds. The Balaban J connectivity index is 1.74. The summed E-state index contributed by atoms with van der Waals surface area (Å²) >= 11 is 0. The number of halogens is 1. The summed E-state index contributed by atoms with van der Waals surface area (Å²) in [7, 11) is 0. The summed E-state index contributed by atoms with van der Waals surface area (Å²) in [5.74, 6) is 0.261. The lowest BCUT2D eigenvalue weighted by molar-refractivity contribution is 0.0492. The van der Waals surface area contributed by atoms with Gasteiger partial charge in [0.05, 0.1) is 0 Å². The zero-order chi connectivity index (χ0) is 21.0. The van der Waals surface area contributed by atoms with Gasteiger partial charge in [-0.15, -0.1) is 0 Å². The molecule has 0 radical (unpaired) electrons. The Morgan fingerprint density at radius 1 is 1.24 bits per heavy atom. The van der Waals surface area contributed by atoms with Crippen molar-refractivity contribution in [3.05, 3.63) is 54.3 Å². The van der Waals surface area contributed by atoms with Crippen LogP contribution in [0.1, 0.15) is 46.0 Å². The van der Waals surface area contributed by atoms with E-state index < -0.39 is 17.7 Å². The molecule has 0 saturated carbocycles. The van der Waals surface area contributed by atoms with E-state index >= 15 is 0 Å². The number of nitrogens with zero attached hydrogens (tertiary/aromatic N) is 3. The van der Waals surface area contributed by atoms with Gasteiger partial charge in [-0.3, -0.25) is 4.98 Å². The highest BCUT2D eigenvalue weighted by atomic mass is 19.1. The van der Waals surface area contributed by atoms with Crippen molar-refractivity contribution in [2.45, 2.75) is 45.8 Å². The van der Waals surface area contributed by atoms with Crippen LogP contribution in [0.25, 0.3) is 22.6 Å². The maximum Gasteiger partial charge on any atom is 0.408 e. The van der Waals surface area contributed by atoms with Crippen molar-refractivity contribution >= 4 is 6.09 Å². The van der Waals surface area contributed by atoms with E-state index in [4.69, 9.17) is 9.26 Å². The summed E-state index contributed by atoms with van der Waals surface area (Å²) in [6.45, 7) is 7.25. The van der Waals surface area contributed by atoms with Gasteiger partial charge in [-0.05, 0) is 51.0 Å². The third-order valence-electron chi connectivity index (χ3n) is 3.99. The maximum absolute atomic E-state index is 13.4. The molecule has 0 aliphatic carbocycles. The molecule has 0 aliphatic rings. The molecular weight excluding hydrogens is 375 g/mol. The Bertz CT molecular complexity index is 980. The Kier molecular flexibility index (Phi) is 5.91. The molecule has 152 valence electrons. The summed E-state index contributed by atoms with van der Waals surface area (Å²) in [6.07, 6.45) is 1.62. The normalized spacial score (nSPS) is 12.4. The quantitative estimate of drug-likeness (QED) is 0.656. The number of amides is 1. The topological polar surface area (TPSA) is 90.1 Å². The van der Waals surface area contributed by atoms with E-state index in [1.165, 1.54) is 12.1 Å². The Hall–Kier alpha value is -3.29. The molecule has 1 aromatic carbocycles. The second kappa shape index (κ2) is 8.38. The van der Waals surface area contributed by atoms with Gasteiger partial charge in [-0.2, -0.15) is 4.98 Å². The molecule has 0 aliphatic heterocycles. The van der Waals surface area contributed by atoms with E-state index in [0.29, 0.717) is 17.9 Å². The second-order valence-corrected chi connectivity index (χ2v) is 7.51. The molecule has 2 heterocycles. The second-order valence-electron chi connectivity index (χ2n) is 7.51. The lowest BCUT2D eigenvalue weighted by Gasteiger charge is -2.21. The molecule has 29 heavy (non-hydrogen) atoms. The van der Waals surface area contributed by atoms with Crippen LogP contribution in [0.5, 0.6) is 0 Å². The van der Waals surface area contributed by atoms with Crippen LogP contribution in [0.3, 0.4) is 0 Å². The highest BCUT2D eigenvalue weighted by Crippen LogP contribution is 2.23. The standard InChI is InChI=1S/C21H23FN4O3/c1-5-16(24-20(27)28-21(2,3)4)19-25-18(26-29-19)17-10-9-14(12-23-17)13-7-6-8-15(22)11-13/h6-12,16H,5H2,1-4H3,(H,24,27). The predicted octanol–water partition coefficient (Wildman–Crippen LogP) is 4.91. The summed E-state index contributed by atoms with van der Waals surface area (Å²) in [5.41, 5.74) is 1.41. The largest absolute Gasteiger partial charge is 0.444 e. The van der Waals surface area contributed by atoms with Gasteiger partial charge < -0.3 is 14.6 Å². The molecule has 2 aromatic heterocycles. The summed E-state index contributed by atoms with van der Waals surface area (Å²) in [6, 6.07) is 9.35. The van der Waals surface area contributed by atoms with Crippen molar-refractivity contribution < 1.29 is 18.4 Å². The van der Waals surface area contributed by atoms with E-state index in [1.54, 1.807) is 45.2 Å². The van der Waals surface area contributed by atoms with Gasteiger partial charge in [0.2, 0.25) is 11.7 Å². The Labute approximate surface area is 168 Å². The lowest BCUT2D eigenvalue weighted by atomic mass is 10.1. The molecule has 0 fully saturated rings. The fraction of sp³-hybridized carbons (Fsp3) is 0.333. The third-order valence-corrected chi connectivity index (χ3v) is 3.99. The van der Waals surface area contributed by atoms with Crippen LogP contribution in [0.2, 0.25) is 0 Å². The van der Waals surface area contributed by atoms with Crippen LogP contribution in [0, 0.1) is 5.82 Å². The lowest BCUT2D eigenvalue weighted by Crippen LogP contribution is -2.34. The molecular formula is C21H23FN4O3. The number of carbonyl (C=O) groups is 1. The molecule has 0 saturated heterocycles. The van der Waals surface area contributed by atoms with Crippen LogP contribution in [-0.2, 0) is 4.74 Å². The number of ether oxygens (including phenoxy) is 1. The summed E-state index contributed by atoms with van der Waals surface area (Å²) < 4.78 is 24.0. The molecule has 3 rings (SSSR count). The molecule has 8 heteroatoms. The third kappa shape index (κ3) is 5.37. The first-order valence-corrected chi connectivity index (χ1v) is 9.30. The first-order valence-electron chi connectivity index (χ1n) is 9.30. The van der Waals surface area contributed by atoms with Crippen molar-refractivity contribution in [3.8, 4) is 22.6 Å². The van der Waals surface area contributed by atoms with Gasteiger partial charge in [0.25, 0.3) is 0 Å². The van der Waals surface area contributed by atoms with Crippen molar-refractivity contribution in [1.29, 1.82) is 0 Å². The predicted molar refractivity (Wildman–Crippen MR) is 105 cm³/mol. The number of pyridine rings is 1. The van der Waals surface area contributed by atoms with E-state index in [0.717, 1.165) is 11.1 Å². The highest BCUT2D eigenvalue weighted by Gasteiger charge is 2.23. The Morgan fingerprint density at radius 3 is 2.66 bits per heavy atom. The summed E-state index contributed by atoms with van der Waals surface area (Å²) in [4.78, 5) is 20.7. The molecule has 1 N–H and O–H groups in total. The zero-order valence-corrected chi connectivity index (χ0v) is 16.8. The number of benzene rings is 1. The molecule has 3 aromatic rings. The number of hydrogen-bond donors (Lipinski definition) is 1. The average molecular weight is 398 g/mol. The van der Waals surface area contributed by atoms with Gasteiger partial charge in [0.1, 0.15) is 23.2 Å². The van der Waals surface area contributed by atoms with E-state index in [-0.39, 0.29) is 11.7 Å². The number of alkyl carbamates (subject to hydrolysis) is 1. The molecule has 0 bridgehead atoms. The SMILES string of the molecule is CCC(NC(=O)OC(C)(C)C)c1nc(-c2ccc(-c3cccc(F)c3)cn2)no1. The smallest absolute Gasteiger partial charge is 0.408 e. The van der Waals surface area contributed by atoms with E-state index in [2.05, 4.69) is 20.4 Å². The molecule has 0 spiro atoms. The minimum atomic E-state index is -0.601. The van der Waals surface area contributed by atoms with E-state index in [9.17, 15) is 9.18 Å². The van der Waals surface area contributed by atoms with Gasteiger partial charge in [-0.25, -0.2) is 9.18 Å². The van der Waals surface area contributed by atoms with Crippen molar-refractivity contribution in [2.75, 3.05) is 0 Å². The van der Waals surface area contributed by atoms with Crippen LogP contribution in [0.4, 0.5) is 9.18 Å². The van der Waals surface area contributed by atoms with Crippen LogP contribution in [-0.4, -0.2) is 26.8 Å². The van der Waals surface area contributed by atoms with Gasteiger partial charge in [-0.1, -0.05) is 30.3 Å². The molecule has 1 unspecified atom stereocenters. The average Bonchev–Trinajstić information content (AvgIpc) is 3.15. The number of carbonyl (C=O) groups excluding carboxylic acids is 1. The Morgan fingerprint density at radius 2 is 2.03 bits per heavy atom. The molecule has 1 atom stereocenters. The molecule has 7 nitrogen and oxygen atoms in total. The zero-order valence-electron chi connectivity index (χ0n) is 16.8. The number of nitrogens with one attached hydrogen (secondary N) is 1. The van der Waals surface area contributed by atoms with E-state index in [1.807, 2.05) is 13.0 Å². The monoisotopic (exact) mass is 398 g/mol. The van der Waals surface area contributed by atoms with Crippen molar-refractivity contribution in [3.63, 3.8) is 0 Å². The van der Waals surface area contributed by atoms with Gasteiger partial charge in [0.15, 0.2) is 0 Å². The number of hydrogen-bond acceptors (Lipinski definition) is 6. The number of rotatable bonds is 5. The minimum absolute atomic E-state index is 0.268. The van der Waals surface area contributed by atoms with Crippen molar-refractivity contribution in [1.82, 2.24) is 20.4 Å². The van der Waals surface area contributed by atoms with Crippen LogP contribution < -0.4 is 5.32 Å². The minimum Gasteiger partial charge on any atom is -0.444 e. The highest BCUT2D eigenvalue weighted by molar-refractivity contribution is 5.68.